The molecule has 0 radical (unpaired) electrons. The normalized spacial score (nSPS) is 11.0. The van der Waals surface area contributed by atoms with Gasteiger partial charge in [-0.2, -0.15) is 0 Å². The van der Waals surface area contributed by atoms with Crippen LogP contribution < -0.4 is 0 Å². The van der Waals surface area contributed by atoms with Gasteiger partial charge in [0.25, 0.3) is 0 Å². The largest absolute Gasteiger partial charge is 0.461 e. The Labute approximate surface area is 137 Å². The van der Waals surface area contributed by atoms with Gasteiger partial charge in [0, 0.05) is 23.2 Å². The first kappa shape index (κ1) is 14.3. The summed E-state index contributed by atoms with van der Waals surface area (Å²) < 4.78 is 15.7. The Morgan fingerprint density at radius 3 is 2.96 bits per heavy atom. The number of esters is 1. The zero-order chi connectivity index (χ0) is 16.4. The van der Waals surface area contributed by atoms with Crippen LogP contribution in [0.15, 0.2) is 63.9 Å². The molecule has 3 aromatic heterocycles. The van der Waals surface area contributed by atoms with Crippen LogP contribution in [-0.4, -0.2) is 16.1 Å². The van der Waals surface area contributed by atoms with Gasteiger partial charge < -0.3 is 18.7 Å². The molecule has 6 heteroatoms. The number of benzene rings is 1. The molecule has 6 nitrogen and oxygen atoms in total. The first-order chi connectivity index (χ1) is 11.8. The molecule has 0 saturated carbocycles. The van der Waals surface area contributed by atoms with E-state index < -0.39 is 0 Å². The Balaban J connectivity index is 1.38. The van der Waals surface area contributed by atoms with Crippen LogP contribution in [0, 0.1) is 0 Å². The van der Waals surface area contributed by atoms with E-state index in [0.29, 0.717) is 17.2 Å². The van der Waals surface area contributed by atoms with Crippen LogP contribution in [0.1, 0.15) is 11.3 Å². The van der Waals surface area contributed by atoms with Crippen molar-refractivity contribution in [3.05, 3.63) is 66.2 Å². The maximum atomic E-state index is 12.0. The highest BCUT2D eigenvalue weighted by atomic mass is 16.5. The first-order valence-corrected chi connectivity index (χ1v) is 7.50. The number of nitrogens with zero attached hydrogens (tertiary/aromatic N) is 1. The van der Waals surface area contributed by atoms with E-state index in [4.69, 9.17) is 13.7 Å². The van der Waals surface area contributed by atoms with E-state index in [0.717, 1.165) is 16.5 Å². The summed E-state index contributed by atoms with van der Waals surface area (Å²) in [6.45, 7) is 0.0609. The summed E-state index contributed by atoms with van der Waals surface area (Å²) in [5, 5.41) is 4.90. The van der Waals surface area contributed by atoms with E-state index in [1.54, 1.807) is 24.5 Å². The fraction of sp³-hybridized carbons (Fsp3) is 0.111. The average molecular weight is 322 g/mol. The highest BCUT2D eigenvalue weighted by molar-refractivity contribution is 5.87. The van der Waals surface area contributed by atoms with Crippen molar-refractivity contribution in [1.82, 2.24) is 10.1 Å². The molecule has 0 aliphatic rings. The van der Waals surface area contributed by atoms with Crippen molar-refractivity contribution in [2.45, 2.75) is 13.0 Å². The molecule has 0 bridgehead atoms. The first-order valence-electron chi connectivity index (χ1n) is 7.50. The highest BCUT2D eigenvalue weighted by Crippen LogP contribution is 2.21. The number of carbonyl (C=O) groups excluding carboxylic acids is 1. The van der Waals surface area contributed by atoms with Crippen LogP contribution in [0.4, 0.5) is 0 Å². The maximum Gasteiger partial charge on any atom is 0.310 e. The van der Waals surface area contributed by atoms with Crippen molar-refractivity contribution in [2.75, 3.05) is 0 Å². The number of para-hydroxylation sites is 1. The van der Waals surface area contributed by atoms with Gasteiger partial charge in [-0.15, -0.1) is 0 Å². The van der Waals surface area contributed by atoms with Crippen molar-refractivity contribution in [3.8, 4) is 11.5 Å². The van der Waals surface area contributed by atoms with E-state index >= 15 is 0 Å². The van der Waals surface area contributed by atoms with Gasteiger partial charge in [0.1, 0.15) is 12.3 Å². The van der Waals surface area contributed by atoms with Gasteiger partial charge in [0.05, 0.1) is 12.7 Å². The molecule has 3 heterocycles. The maximum absolute atomic E-state index is 12.0. The molecule has 4 rings (SSSR count). The molecule has 0 atom stereocenters. The SMILES string of the molecule is O=C(Cc1c[nH]c2ccccc12)OCc1cc(-c2ccco2)on1. The quantitative estimate of drug-likeness (QED) is 0.567. The van der Waals surface area contributed by atoms with Crippen molar-refractivity contribution in [3.63, 3.8) is 0 Å². The zero-order valence-electron chi connectivity index (χ0n) is 12.7. The molecule has 1 aromatic carbocycles. The molecule has 4 aromatic rings. The summed E-state index contributed by atoms with van der Waals surface area (Å²) in [5.74, 6) is 0.767. The lowest BCUT2D eigenvalue weighted by atomic mass is 10.1. The van der Waals surface area contributed by atoms with Gasteiger partial charge in [-0.1, -0.05) is 23.4 Å². The van der Waals surface area contributed by atoms with E-state index in [2.05, 4.69) is 10.1 Å². The molecule has 0 amide bonds. The van der Waals surface area contributed by atoms with E-state index in [-0.39, 0.29) is 19.0 Å². The minimum Gasteiger partial charge on any atom is -0.461 e. The van der Waals surface area contributed by atoms with E-state index in [1.807, 2.05) is 30.5 Å². The smallest absolute Gasteiger partial charge is 0.310 e. The van der Waals surface area contributed by atoms with E-state index in [9.17, 15) is 4.79 Å². The minimum atomic E-state index is -0.317. The summed E-state index contributed by atoms with van der Waals surface area (Å²) in [5.41, 5.74) is 2.44. The third-order valence-corrected chi connectivity index (χ3v) is 3.71. The zero-order valence-corrected chi connectivity index (χ0v) is 12.7. The number of nitrogens with one attached hydrogen (secondary N) is 1. The summed E-state index contributed by atoms with van der Waals surface area (Å²) in [4.78, 5) is 15.2. The van der Waals surface area contributed by atoms with Gasteiger partial charge in [-0.05, 0) is 23.8 Å². The molecule has 1 N–H and O–H groups in total. The van der Waals surface area contributed by atoms with Crippen LogP contribution in [0.25, 0.3) is 22.4 Å². The number of furan rings is 1. The molecular formula is C18H14N2O4. The molecule has 0 saturated heterocycles. The lowest BCUT2D eigenvalue weighted by Gasteiger charge is -2.01. The second-order valence-corrected chi connectivity index (χ2v) is 5.36. The number of fused-ring (bicyclic) bond motifs is 1. The minimum absolute atomic E-state index is 0.0609. The van der Waals surface area contributed by atoms with Gasteiger partial charge in [-0.3, -0.25) is 4.79 Å². The van der Waals surface area contributed by atoms with Crippen molar-refractivity contribution in [2.24, 2.45) is 0 Å². The molecule has 0 aliphatic carbocycles. The lowest BCUT2D eigenvalue weighted by molar-refractivity contribution is -0.144. The predicted molar refractivity (Wildman–Crippen MR) is 86.0 cm³/mol. The Morgan fingerprint density at radius 1 is 1.17 bits per heavy atom. The number of ether oxygens (including phenoxy) is 1. The topological polar surface area (TPSA) is 81.3 Å². The number of aromatic amines is 1. The summed E-state index contributed by atoms with van der Waals surface area (Å²) >= 11 is 0. The number of aromatic nitrogens is 2. The lowest BCUT2D eigenvalue weighted by Crippen LogP contribution is -2.07. The molecule has 24 heavy (non-hydrogen) atoms. The Hall–Kier alpha value is -3.28. The standard InChI is InChI=1S/C18H14N2O4/c21-18(8-12-10-19-15-5-2-1-4-14(12)15)23-11-13-9-17(24-20-13)16-6-3-7-22-16/h1-7,9-10,19H,8,11H2. The number of rotatable bonds is 5. The molecular weight excluding hydrogens is 308 g/mol. The predicted octanol–water partition coefficient (Wildman–Crippen LogP) is 3.70. The van der Waals surface area contributed by atoms with Crippen LogP contribution >= 0.6 is 0 Å². The van der Waals surface area contributed by atoms with Gasteiger partial charge in [0.15, 0.2) is 5.76 Å². The second-order valence-electron chi connectivity index (χ2n) is 5.36. The fourth-order valence-electron chi connectivity index (χ4n) is 2.55. The summed E-state index contributed by atoms with van der Waals surface area (Å²) in [6.07, 6.45) is 3.59. The average Bonchev–Trinajstić information content (AvgIpc) is 3.34. The number of carbonyl (C=O) groups is 1. The Kier molecular flexibility index (Phi) is 3.63. The molecule has 120 valence electrons. The van der Waals surface area contributed by atoms with Crippen LogP contribution in [0.2, 0.25) is 0 Å². The van der Waals surface area contributed by atoms with Gasteiger partial charge in [0.2, 0.25) is 5.76 Å². The third kappa shape index (κ3) is 2.81. The number of H-pyrrole nitrogens is 1. The molecule has 0 unspecified atom stereocenters. The van der Waals surface area contributed by atoms with Crippen LogP contribution in [0.3, 0.4) is 0 Å². The Morgan fingerprint density at radius 2 is 2.08 bits per heavy atom. The molecule has 0 spiro atoms. The van der Waals surface area contributed by atoms with Crippen molar-refractivity contribution >= 4 is 16.9 Å². The summed E-state index contributed by atoms with van der Waals surface area (Å²) in [7, 11) is 0. The number of hydrogen-bond donors (Lipinski definition) is 1. The Bertz CT molecular complexity index is 966. The number of hydrogen-bond acceptors (Lipinski definition) is 5. The van der Waals surface area contributed by atoms with Crippen molar-refractivity contribution in [1.29, 1.82) is 0 Å². The second kappa shape index (κ2) is 6.08. The van der Waals surface area contributed by atoms with Crippen molar-refractivity contribution < 1.29 is 18.5 Å². The van der Waals surface area contributed by atoms with Crippen LogP contribution in [0.5, 0.6) is 0 Å². The van der Waals surface area contributed by atoms with Crippen LogP contribution in [-0.2, 0) is 22.6 Å². The molecule has 0 fully saturated rings. The van der Waals surface area contributed by atoms with Gasteiger partial charge >= 0.3 is 5.97 Å². The summed E-state index contributed by atoms with van der Waals surface area (Å²) in [6, 6.07) is 13.1. The van der Waals surface area contributed by atoms with E-state index in [1.165, 1.54) is 0 Å². The fourth-order valence-corrected chi connectivity index (χ4v) is 2.55. The highest BCUT2D eigenvalue weighted by Gasteiger charge is 2.13. The third-order valence-electron chi connectivity index (χ3n) is 3.71. The molecule has 0 aliphatic heterocycles. The monoisotopic (exact) mass is 322 g/mol. The van der Waals surface area contributed by atoms with Gasteiger partial charge in [-0.25, -0.2) is 0 Å².